The highest BCUT2D eigenvalue weighted by Crippen LogP contribution is 2.37. The van der Waals surface area contributed by atoms with Gasteiger partial charge in [0.15, 0.2) is 11.5 Å². The van der Waals surface area contributed by atoms with Crippen molar-refractivity contribution in [2.24, 2.45) is 0 Å². The van der Waals surface area contributed by atoms with Gasteiger partial charge in [-0.05, 0) is 29.8 Å². The van der Waals surface area contributed by atoms with Crippen LogP contribution in [0.25, 0.3) is 0 Å². The van der Waals surface area contributed by atoms with Gasteiger partial charge in [-0.1, -0.05) is 29.8 Å². The zero-order chi connectivity index (χ0) is 17.5. The monoisotopic (exact) mass is 377 g/mol. The Bertz CT molecular complexity index is 724. The van der Waals surface area contributed by atoms with Gasteiger partial charge in [0.2, 0.25) is 5.91 Å². The quantitative estimate of drug-likeness (QED) is 0.762. The molecule has 4 nitrogen and oxygen atoms in total. The van der Waals surface area contributed by atoms with E-state index >= 15 is 0 Å². The first-order valence-corrected chi connectivity index (χ1v) is 9.61. The van der Waals surface area contributed by atoms with Crippen molar-refractivity contribution >= 4 is 29.3 Å². The predicted molar refractivity (Wildman–Crippen MR) is 101 cm³/mol. The van der Waals surface area contributed by atoms with Gasteiger partial charge < -0.3 is 14.8 Å². The van der Waals surface area contributed by atoms with E-state index < -0.39 is 0 Å². The summed E-state index contributed by atoms with van der Waals surface area (Å²) >= 11 is 7.94. The fraction of sp³-hybridized carbons (Fsp3) is 0.316. The number of hydrogen-bond acceptors (Lipinski definition) is 4. The van der Waals surface area contributed by atoms with Crippen LogP contribution in [0.1, 0.15) is 18.4 Å². The van der Waals surface area contributed by atoms with Gasteiger partial charge in [-0.3, -0.25) is 4.79 Å². The Morgan fingerprint density at radius 2 is 1.96 bits per heavy atom. The van der Waals surface area contributed by atoms with Crippen molar-refractivity contribution in [2.45, 2.75) is 24.3 Å². The van der Waals surface area contributed by atoms with Crippen molar-refractivity contribution in [1.29, 1.82) is 0 Å². The van der Waals surface area contributed by atoms with Crippen LogP contribution in [0.3, 0.4) is 0 Å². The Kier molecular flexibility index (Phi) is 6.48. The molecule has 0 aliphatic carbocycles. The molecule has 2 aromatic carbocycles. The molecule has 0 aromatic heterocycles. The Morgan fingerprint density at radius 1 is 1.16 bits per heavy atom. The third-order valence-corrected chi connectivity index (χ3v) is 4.99. The lowest BCUT2D eigenvalue weighted by molar-refractivity contribution is -0.120. The van der Waals surface area contributed by atoms with Crippen molar-refractivity contribution < 1.29 is 14.3 Å². The maximum atomic E-state index is 12.0. The average Bonchev–Trinajstić information content (AvgIpc) is 2.87. The lowest BCUT2D eigenvalue weighted by Crippen LogP contribution is -2.23. The van der Waals surface area contributed by atoms with Crippen LogP contribution in [-0.2, 0) is 11.3 Å². The number of halogens is 1. The van der Waals surface area contributed by atoms with E-state index in [-0.39, 0.29) is 5.91 Å². The molecule has 1 heterocycles. The van der Waals surface area contributed by atoms with Gasteiger partial charge in [0.05, 0.1) is 18.2 Å². The van der Waals surface area contributed by atoms with E-state index in [9.17, 15) is 4.79 Å². The Labute approximate surface area is 156 Å². The number of benzene rings is 2. The Balaban J connectivity index is 1.48. The first-order chi connectivity index (χ1) is 12.2. The highest BCUT2D eigenvalue weighted by Gasteiger charge is 2.15. The Morgan fingerprint density at radius 3 is 2.80 bits per heavy atom. The van der Waals surface area contributed by atoms with Crippen LogP contribution in [0.15, 0.2) is 47.4 Å². The van der Waals surface area contributed by atoms with Gasteiger partial charge in [0.25, 0.3) is 0 Å². The second kappa shape index (κ2) is 9.02. The molecule has 0 saturated heterocycles. The second-order valence-electron chi connectivity index (χ2n) is 5.64. The summed E-state index contributed by atoms with van der Waals surface area (Å²) in [5.41, 5.74) is 0.901. The minimum atomic E-state index is 0.0201. The van der Waals surface area contributed by atoms with Gasteiger partial charge in [-0.2, -0.15) is 0 Å². The summed E-state index contributed by atoms with van der Waals surface area (Å²) in [5, 5.41) is 3.44. The van der Waals surface area contributed by atoms with Crippen LogP contribution >= 0.6 is 23.4 Å². The molecular formula is C19H20ClNO3S. The molecular weight excluding hydrogens is 358 g/mol. The van der Waals surface area contributed by atoms with Crippen molar-refractivity contribution in [1.82, 2.24) is 5.32 Å². The molecule has 0 atom stereocenters. The number of carbonyl (C=O) groups excluding carboxylic acids is 1. The molecule has 1 amide bonds. The molecule has 0 fully saturated rings. The van der Waals surface area contributed by atoms with E-state index in [1.807, 2.05) is 42.5 Å². The van der Waals surface area contributed by atoms with E-state index in [2.05, 4.69) is 5.32 Å². The van der Waals surface area contributed by atoms with Crippen molar-refractivity contribution in [2.75, 3.05) is 19.0 Å². The lowest BCUT2D eigenvalue weighted by atomic mass is 10.2. The topological polar surface area (TPSA) is 47.6 Å². The molecule has 6 heteroatoms. The predicted octanol–water partition coefficient (Wildman–Crippen LogP) is 4.30. The van der Waals surface area contributed by atoms with Crippen LogP contribution in [0.5, 0.6) is 11.5 Å². The molecule has 2 aromatic rings. The highest BCUT2D eigenvalue weighted by molar-refractivity contribution is 7.99. The van der Waals surface area contributed by atoms with Gasteiger partial charge in [0, 0.05) is 30.0 Å². The van der Waals surface area contributed by atoms with Crippen molar-refractivity contribution in [3.05, 3.63) is 53.1 Å². The summed E-state index contributed by atoms with van der Waals surface area (Å²) in [6, 6.07) is 13.8. The number of hydrogen-bond donors (Lipinski definition) is 1. The molecule has 1 aliphatic rings. The van der Waals surface area contributed by atoms with E-state index in [0.717, 1.165) is 17.7 Å². The minimum absolute atomic E-state index is 0.0201. The number of nitrogens with one attached hydrogen (secondary N) is 1. The molecule has 0 radical (unpaired) electrons. The molecule has 0 saturated carbocycles. The van der Waals surface area contributed by atoms with Gasteiger partial charge in [-0.25, -0.2) is 0 Å². The number of rotatable bonds is 6. The van der Waals surface area contributed by atoms with Crippen LogP contribution < -0.4 is 14.8 Å². The third kappa shape index (κ3) is 5.31. The average molecular weight is 378 g/mol. The first kappa shape index (κ1) is 18.0. The van der Waals surface area contributed by atoms with Gasteiger partial charge >= 0.3 is 0 Å². The fourth-order valence-electron chi connectivity index (χ4n) is 2.45. The first-order valence-electron chi connectivity index (χ1n) is 8.25. The number of amides is 1. The molecule has 25 heavy (non-hydrogen) atoms. The van der Waals surface area contributed by atoms with Gasteiger partial charge in [0.1, 0.15) is 0 Å². The zero-order valence-electron chi connectivity index (χ0n) is 13.8. The zero-order valence-corrected chi connectivity index (χ0v) is 15.4. The van der Waals surface area contributed by atoms with Crippen LogP contribution in [0.4, 0.5) is 0 Å². The van der Waals surface area contributed by atoms with E-state index in [1.165, 1.54) is 4.90 Å². The largest absolute Gasteiger partial charge is 0.489 e. The summed E-state index contributed by atoms with van der Waals surface area (Å²) in [5.74, 6) is 2.01. The van der Waals surface area contributed by atoms with Crippen LogP contribution in [0.2, 0.25) is 5.02 Å². The molecule has 1 aliphatic heterocycles. The summed E-state index contributed by atoms with van der Waals surface area (Å²) in [6.45, 7) is 1.63. The Hall–Kier alpha value is -1.85. The fourth-order valence-corrected chi connectivity index (χ4v) is 3.61. The van der Waals surface area contributed by atoms with E-state index in [1.54, 1.807) is 11.8 Å². The van der Waals surface area contributed by atoms with Crippen LogP contribution in [-0.4, -0.2) is 24.9 Å². The maximum absolute atomic E-state index is 12.0. The number of thioether (sulfide) groups is 1. The molecule has 0 spiro atoms. The van der Waals surface area contributed by atoms with E-state index in [0.29, 0.717) is 42.7 Å². The normalized spacial score (nSPS) is 13.2. The molecule has 1 N–H and O–H groups in total. The number of carbonyl (C=O) groups is 1. The van der Waals surface area contributed by atoms with Crippen molar-refractivity contribution in [3.8, 4) is 11.5 Å². The molecule has 0 bridgehead atoms. The lowest BCUT2D eigenvalue weighted by Gasteiger charge is -2.12. The van der Waals surface area contributed by atoms with Gasteiger partial charge in [-0.15, -0.1) is 11.8 Å². The molecule has 0 unspecified atom stereocenters. The molecule has 3 rings (SSSR count). The third-order valence-electron chi connectivity index (χ3n) is 3.69. The standard InChI is InChI=1S/C19H20ClNO3S/c20-16-11-14(12-17-19(16)24-9-4-8-23-17)13-21-18(22)7-10-25-15-5-2-1-3-6-15/h1-3,5-6,11-12H,4,7-10,13H2,(H,21,22). The SMILES string of the molecule is O=C(CCSc1ccccc1)NCc1cc(Cl)c2c(c1)OCCCO2. The van der Waals surface area contributed by atoms with Crippen LogP contribution in [0, 0.1) is 0 Å². The minimum Gasteiger partial charge on any atom is -0.489 e. The second-order valence-corrected chi connectivity index (χ2v) is 7.22. The summed E-state index contributed by atoms with van der Waals surface area (Å²) in [4.78, 5) is 13.2. The highest BCUT2D eigenvalue weighted by atomic mass is 35.5. The molecule has 132 valence electrons. The number of fused-ring (bicyclic) bond motifs is 1. The van der Waals surface area contributed by atoms with Crippen molar-refractivity contribution in [3.63, 3.8) is 0 Å². The summed E-state index contributed by atoms with van der Waals surface area (Å²) in [7, 11) is 0. The summed E-state index contributed by atoms with van der Waals surface area (Å²) < 4.78 is 11.3. The smallest absolute Gasteiger partial charge is 0.221 e. The van der Waals surface area contributed by atoms with E-state index in [4.69, 9.17) is 21.1 Å². The maximum Gasteiger partial charge on any atom is 0.221 e. The number of ether oxygens (including phenoxy) is 2. The summed E-state index contributed by atoms with van der Waals surface area (Å²) in [6.07, 6.45) is 1.30.